The third kappa shape index (κ3) is 17.5. The van der Waals surface area contributed by atoms with E-state index in [1.54, 1.807) is 0 Å². The fourth-order valence-electron chi connectivity index (χ4n) is 4.08. The van der Waals surface area contributed by atoms with Gasteiger partial charge in [0.2, 0.25) is 0 Å². The van der Waals surface area contributed by atoms with E-state index in [9.17, 15) is 0 Å². The molecule has 0 aliphatic carbocycles. The Morgan fingerprint density at radius 2 is 1.17 bits per heavy atom. The van der Waals surface area contributed by atoms with Gasteiger partial charge in [-0.1, -0.05) is 103 Å². The van der Waals surface area contributed by atoms with Crippen LogP contribution in [0.4, 0.5) is 0 Å². The van der Waals surface area contributed by atoms with Gasteiger partial charge in [-0.3, -0.25) is 0 Å². The smallest absolute Gasteiger partial charge is 0.331 e. The van der Waals surface area contributed by atoms with E-state index in [-0.39, 0.29) is 0 Å². The van der Waals surface area contributed by atoms with E-state index in [4.69, 9.17) is 13.6 Å². The van der Waals surface area contributed by atoms with Crippen LogP contribution in [0.5, 0.6) is 0 Å². The summed E-state index contributed by atoms with van der Waals surface area (Å²) in [6.45, 7) is 9.10. The van der Waals surface area contributed by atoms with Crippen LogP contribution >= 0.6 is 0 Å². The Bertz CT molecular complexity index is 343. The molecule has 1 heterocycles. The van der Waals surface area contributed by atoms with Crippen molar-refractivity contribution in [2.45, 2.75) is 142 Å². The molecule has 0 aromatic heterocycles. The second-order valence-electron chi connectivity index (χ2n) is 9.50. The summed E-state index contributed by atoms with van der Waals surface area (Å²) in [4.78, 5) is 0. The summed E-state index contributed by atoms with van der Waals surface area (Å²) in [5.74, 6) is 0. The van der Waals surface area contributed by atoms with Crippen molar-refractivity contribution in [2.75, 3.05) is 19.8 Å². The first-order valence-corrected chi connectivity index (χ1v) is 15.9. The molecular formula is C25H52O3Si. The molecule has 1 atom stereocenters. The van der Waals surface area contributed by atoms with E-state index in [0.717, 1.165) is 26.2 Å². The zero-order chi connectivity index (χ0) is 21.0. The molecular weight excluding hydrogens is 376 g/mol. The minimum atomic E-state index is -1.96. The molecule has 1 fully saturated rings. The van der Waals surface area contributed by atoms with Crippen LogP contribution in [0.25, 0.3) is 0 Å². The summed E-state index contributed by atoms with van der Waals surface area (Å²) in [5, 5.41) is 0. The Morgan fingerprint density at radius 1 is 0.690 bits per heavy atom. The molecule has 0 aromatic rings. The van der Waals surface area contributed by atoms with Crippen molar-refractivity contribution >= 4 is 8.56 Å². The minimum Gasteiger partial charge on any atom is -0.395 e. The summed E-state index contributed by atoms with van der Waals surface area (Å²) in [7, 11) is -1.96. The highest BCUT2D eigenvalue weighted by molar-refractivity contribution is 6.64. The summed E-state index contributed by atoms with van der Waals surface area (Å²) in [6, 6.07) is 0. The molecule has 0 amide bonds. The predicted molar refractivity (Wildman–Crippen MR) is 128 cm³/mol. The molecule has 0 radical (unpaired) electrons. The lowest BCUT2D eigenvalue weighted by Crippen LogP contribution is -2.37. The topological polar surface area (TPSA) is 27.7 Å². The van der Waals surface area contributed by atoms with E-state index in [1.807, 2.05) is 0 Å². The summed E-state index contributed by atoms with van der Waals surface area (Å²) in [6.07, 6.45) is 25.2. The van der Waals surface area contributed by atoms with Crippen molar-refractivity contribution in [3.8, 4) is 0 Å². The highest BCUT2D eigenvalue weighted by atomic mass is 28.4. The zero-order valence-electron chi connectivity index (χ0n) is 20.2. The van der Waals surface area contributed by atoms with Gasteiger partial charge < -0.3 is 13.6 Å². The fourth-order valence-corrected chi connectivity index (χ4v) is 5.39. The molecule has 3 nitrogen and oxygen atoms in total. The summed E-state index contributed by atoms with van der Waals surface area (Å²) in [5.41, 5.74) is 0. The van der Waals surface area contributed by atoms with Gasteiger partial charge in [0.1, 0.15) is 0 Å². The Balaban J connectivity index is 1.75. The fraction of sp³-hybridized carbons (Fsp3) is 1.00. The second kappa shape index (κ2) is 18.8. The Kier molecular flexibility index (Phi) is 17.6. The summed E-state index contributed by atoms with van der Waals surface area (Å²) >= 11 is 0. The molecule has 0 bridgehead atoms. The monoisotopic (exact) mass is 428 g/mol. The Labute approximate surface area is 183 Å². The van der Waals surface area contributed by atoms with Gasteiger partial charge in [0.05, 0.1) is 12.7 Å². The maximum Gasteiger partial charge on any atom is 0.331 e. The van der Waals surface area contributed by atoms with Crippen molar-refractivity contribution in [3.63, 3.8) is 0 Å². The minimum absolute atomic E-state index is 0.306. The Hall–Kier alpha value is 0.0969. The van der Waals surface area contributed by atoms with Crippen LogP contribution in [0.1, 0.15) is 122 Å². The quantitative estimate of drug-likeness (QED) is 0.136. The first-order valence-electron chi connectivity index (χ1n) is 13.0. The standard InChI is InChI=1S/C25H52O3Si/c1-4-5-6-7-8-9-10-11-12-13-14-15-16-17-18-19-23-27-29(2,3)28-24-25-21-20-22-26-25/h25H,4-24H2,1-3H3. The Morgan fingerprint density at radius 3 is 1.62 bits per heavy atom. The van der Waals surface area contributed by atoms with Crippen LogP contribution < -0.4 is 0 Å². The van der Waals surface area contributed by atoms with Gasteiger partial charge in [0, 0.05) is 13.2 Å². The van der Waals surface area contributed by atoms with Crippen molar-refractivity contribution in [1.29, 1.82) is 0 Å². The molecule has 1 aliphatic heterocycles. The maximum atomic E-state index is 6.07. The average molecular weight is 429 g/mol. The van der Waals surface area contributed by atoms with Crippen LogP contribution in [0.2, 0.25) is 13.1 Å². The van der Waals surface area contributed by atoms with Gasteiger partial charge in [-0.25, -0.2) is 0 Å². The van der Waals surface area contributed by atoms with Gasteiger partial charge in [-0.15, -0.1) is 0 Å². The predicted octanol–water partition coefficient (Wildman–Crippen LogP) is 8.16. The van der Waals surface area contributed by atoms with E-state index >= 15 is 0 Å². The van der Waals surface area contributed by atoms with Crippen molar-refractivity contribution < 1.29 is 13.6 Å². The van der Waals surface area contributed by atoms with E-state index < -0.39 is 8.56 Å². The van der Waals surface area contributed by atoms with Crippen molar-refractivity contribution in [3.05, 3.63) is 0 Å². The normalized spacial score (nSPS) is 17.3. The largest absolute Gasteiger partial charge is 0.395 e. The molecule has 1 saturated heterocycles. The first-order chi connectivity index (χ1) is 14.1. The number of ether oxygens (including phenoxy) is 1. The van der Waals surface area contributed by atoms with Crippen LogP contribution in [-0.2, 0) is 13.6 Å². The molecule has 0 N–H and O–H groups in total. The van der Waals surface area contributed by atoms with E-state index in [0.29, 0.717) is 6.10 Å². The zero-order valence-corrected chi connectivity index (χ0v) is 21.2. The lowest BCUT2D eigenvalue weighted by Gasteiger charge is -2.24. The molecule has 174 valence electrons. The third-order valence-electron chi connectivity index (χ3n) is 6.09. The number of hydrogen-bond acceptors (Lipinski definition) is 3. The highest BCUT2D eigenvalue weighted by Gasteiger charge is 2.27. The van der Waals surface area contributed by atoms with Gasteiger partial charge >= 0.3 is 8.56 Å². The van der Waals surface area contributed by atoms with Crippen LogP contribution in [0.3, 0.4) is 0 Å². The lowest BCUT2D eigenvalue weighted by molar-refractivity contribution is 0.0504. The molecule has 1 aliphatic rings. The van der Waals surface area contributed by atoms with Crippen LogP contribution in [-0.4, -0.2) is 34.5 Å². The summed E-state index contributed by atoms with van der Waals surface area (Å²) < 4.78 is 17.7. The molecule has 4 heteroatoms. The van der Waals surface area contributed by atoms with Crippen LogP contribution in [0.15, 0.2) is 0 Å². The molecule has 0 spiro atoms. The number of unbranched alkanes of at least 4 members (excludes halogenated alkanes) is 15. The first kappa shape index (κ1) is 27.1. The van der Waals surface area contributed by atoms with E-state index in [1.165, 1.54) is 109 Å². The van der Waals surface area contributed by atoms with Gasteiger partial charge in [0.15, 0.2) is 0 Å². The molecule has 29 heavy (non-hydrogen) atoms. The molecule has 1 unspecified atom stereocenters. The number of hydrogen-bond donors (Lipinski definition) is 0. The van der Waals surface area contributed by atoms with Gasteiger partial charge in [-0.05, 0) is 32.4 Å². The SMILES string of the molecule is CCCCCCCCCCCCCCCCCCO[Si](C)(C)OCC1CCCO1. The lowest BCUT2D eigenvalue weighted by atomic mass is 10.0. The molecule has 1 rings (SSSR count). The van der Waals surface area contributed by atoms with Gasteiger partial charge in [0.25, 0.3) is 0 Å². The number of rotatable bonds is 21. The maximum absolute atomic E-state index is 6.07. The van der Waals surface area contributed by atoms with Crippen LogP contribution in [0, 0.1) is 0 Å². The molecule has 0 aromatic carbocycles. The van der Waals surface area contributed by atoms with E-state index in [2.05, 4.69) is 20.0 Å². The molecule has 0 saturated carbocycles. The van der Waals surface area contributed by atoms with Crippen molar-refractivity contribution in [1.82, 2.24) is 0 Å². The average Bonchev–Trinajstić information content (AvgIpc) is 3.23. The van der Waals surface area contributed by atoms with Gasteiger partial charge in [-0.2, -0.15) is 0 Å². The highest BCUT2D eigenvalue weighted by Crippen LogP contribution is 2.17. The second-order valence-corrected chi connectivity index (χ2v) is 12.9. The third-order valence-corrected chi connectivity index (χ3v) is 7.85. The van der Waals surface area contributed by atoms with Crippen molar-refractivity contribution in [2.24, 2.45) is 0 Å².